The van der Waals surface area contributed by atoms with Gasteiger partial charge < -0.3 is 9.64 Å². The number of unbranched alkanes of at least 4 members (excludes halogenated alkanes) is 1. The molecule has 1 N–H and O–H groups in total. The van der Waals surface area contributed by atoms with Crippen LogP contribution in [0.25, 0.3) is 0 Å². The van der Waals surface area contributed by atoms with Gasteiger partial charge in [0.15, 0.2) is 0 Å². The molecule has 118 valence electrons. The van der Waals surface area contributed by atoms with E-state index in [1.165, 1.54) is 0 Å². The van der Waals surface area contributed by atoms with E-state index >= 15 is 0 Å². The summed E-state index contributed by atoms with van der Waals surface area (Å²) in [6.45, 7) is 7.16. The van der Waals surface area contributed by atoms with Gasteiger partial charge in [-0.25, -0.2) is 0 Å². The van der Waals surface area contributed by atoms with Crippen molar-refractivity contribution in [3.05, 3.63) is 0 Å². The van der Waals surface area contributed by atoms with Crippen LogP contribution in [0.5, 0.6) is 0 Å². The molecule has 1 aliphatic heterocycles. The van der Waals surface area contributed by atoms with Gasteiger partial charge in [-0.15, -0.1) is 0 Å². The molecule has 1 rings (SSSR count). The molecule has 0 spiro atoms. The van der Waals surface area contributed by atoms with Crippen LogP contribution < -0.4 is 5.32 Å². The maximum atomic E-state index is 12.7. The van der Waals surface area contributed by atoms with E-state index in [2.05, 4.69) is 31.0 Å². The van der Waals surface area contributed by atoms with Crippen LogP contribution in [-0.4, -0.2) is 42.8 Å². The molecule has 3 atom stereocenters. The largest absolute Gasteiger partial charge is 0.383 e. The van der Waals surface area contributed by atoms with E-state index < -0.39 is 0 Å². The van der Waals surface area contributed by atoms with Gasteiger partial charge in [-0.2, -0.15) is 0 Å². The highest BCUT2D eigenvalue weighted by molar-refractivity contribution is 5.84. The zero-order valence-corrected chi connectivity index (χ0v) is 13.7. The van der Waals surface area contributed by atoms with E-state index in [4.69, 9.17) is 4.74 Å². The zero-order valence-electron chi connectivity index (χ0n) is 13.7. The Morgan fingerprint density at radius 3 is 2.50 bits per heavy atom. The highest BCUT2D eigenvalue weighted by Crippen LogP contribution is 2.23. The first-order valence-electron chi connectivity index (χ1n) is 8.26. The molecule has 1 saturated heterocycles. The van der Waals surface area contributed by atoms with Crippen molar-refractivity contribution in [2.24, 2.45) is 0 Å². The molecule has 0 radical (unpaired) electrons. The molecule has 4 heteroatoms. The van der Waals surface area contributed by atoms with Crippen molar-refractivity contribution >= 4 is 5.91 Å². The van der Waals surface area contributed by atoms with Gasteiger partial charge in [-0.1, -0.05) is 46.5 Å². The van der Waals surface area contributed by atoms with Crippen LogP contribution in [0.2, 0.25) is 0 Å². The van der Waals surface area contributed by atoms with Gasteiger partial charge >= 0.3 is 0 Å². The van der Waals surface area contributed by atoms with E-state index in [0.717, 1.165) is 44.9 Å². The van der Waals surface area contributed by atoms with Crippen molar-refractivity contribution in [1.82, 2.24) is 10.2 Å². The first-order valence-corrected chi connectivity index (χ1v) is 8.26. The summed E-state index contributed by atoms with van der Waals surface area (Å²) >= 11 is 0. The number of methoxy groups -OCH3 is 1. The van der Waals surface area contributed by atoms with Crippen LogP contribution in [-0.2, 0) is 9.53 Å². The summed E-state index contributed by atoms with van der Waals surface area (Å²) in [5.74, 6) is 0.285. The lowest BCUT2D eigenvalue weighted by Crippen LogP contribution is -2.46. The SMILES string of the molecule is CCCCC1NC(CCC)N(C(CCC)COC)C1=O. The molecule has 0 saturated carbocycles. The Morgan fingerprint density at radius 1 is 1.20 bits per heavy atom. The van der Waals surface area contributed by atoms with E-state index in [9.17, 15) is 4.79 Å². The molecular formula is C16H32N2O2. The smallest absolute Gasteiger partial charge is 0.241 e. The van der Waals surface area contributed by atoms with Crippen molar-refractivity contribution in [2.75, 3.05) is 13.7 Å². The third kappa shape index (κ3) is 4.45. The van der Waals surface area contributed by atoms with Gasteiger partial charge in [0.25, 0.3) is 0 Å². The van der Waals surface area contributed by atoms with Crippen LogP contribution in [0.3, 0.4) is 0 Å². The van der Waals surface area contributed by atoms with Crippen molar-refractivity contribution in [1.29, 1.82) is 0 Å². The third-order valence-electron chi connectivity index (χ3n) is 4.06. The summed E-state index contributed by atoms with van der Waals surface area (Å²) in [5, 5.41) is 3.54. The number of nitrogens with one attached hydrogen (secondary N) is 1. The van der Waals surface area contributed by atoms with E-state index in [0.29, 0.717) is 6.61 Å². The molecule has 3 unspecified atom stereocenters. The minimum absolute atomic E-state index is 0.0164. The fourth-order valence-electron chi connectivity index (χ4n) is 3.09. The fraction of sp³-hybridized carbons (Fsp3) is 0.938. The first kappa shape index (κ1) is 17.4. The molecule has 1 aliphatic rings. The van der Waals surface area contributed by atoms with Gasteiger partial charge in [0.2, 0.25) is 5.91 Å². The predicted octanol–water partition coefficient (Wildman–Crippen LogP) is 2.92. The van der Waals surface area contributed by atoms with E-state index in [1.54, 1.807) is 7.11 Å². The average Bonchev–Trinajstić information content (AvgIpc) is 2.73. The third-order valence-corrected chi connectivity index (χ3v) is 4.06. The van der Waals surface area contributed by atoms with Crippen molar-refractivity contribution < 1.29 is 9.53 Å². The van der Waals surface area contributed by atoms with Crippen molar-refractivity contribution in [3.8, 4) is 0 Å². The number of carbonyl (C=O) groups excluding carboxylic acids is 1. The average molecular weight is 284 g/mol. The van der Waals surface area contributed by atoms with Crippen LogP contribution in [0, 0.1) is 0 Å². The molecule has 1 amide bonds. The second-order valence-corrected chi connectivity index (χ2v) is 5.81. The van der Waals surface area contributed by atoms with Gasteiger partial charge in [-0.3, -0.25) is 10.1 Å². The van der Waals surface area contributed by atoms with Crippen LogP contribution >= 0.6 is 0 Å². The van der Waals surface area contributed by atoms with Gasteiger partial charge in [0.1, 0.15) is 0 Å². The highest BCUT2D eigenvalue weighted by atomic mass is 16.5. The molecular weight excluding hydrogens is 252 g/mol. The van der Waals surface area contributed by atoms with E-state index in [1.807, 2.05) is 0 Å². The monoisotopic (exact) mass is 284 g/mol. The normalized spacial score (nSPS) is 24.4. The number of amides is 1. The quantitative estimate of drug-likeness (QED) is 0.670. The molecule has 4 nitrogen and oxygen atoms in total. The number of carbonyl (C=O) groups is 1. The Hall–Kier alpha value is -0.610. The highest BCUT2D eigenvalue weighted by Gasteiger charge is 2.41. The summed E-state index contributed by atoms with van der Waals surface area (Å²) in [5.41, 5.74) is 0. The topological polar surface area (TPSA) is 41.6 Å². The molecule has 20 heavy (non-hydrogen) atoms. The van der Waals surface area contributed by atoms with Gasteiger partial charge in [0, 0.05) is 7.11 Å². The summed E-state index contributed by atoms with van der Waals surface area (Å²) in [7, 11) is 1.72. The number of hydrogen-bond acceptors (Lipinski definition) is 3. The Morgan fingerprint density at radius 2 is 1.95 bits per heavy atom. The minimum Gasteiger partial charge on any atom is -0.383 e. The Kier molecular flexibility index (Phi) is 8.15. The molecule has 1 heterocycles. The maximum Gasteiger partial charge on any atom is 0.241 e. The minimum atomic E-state index is 0.0164. The Bertz CT molecular complexity index is 278. The summed E-state index contributed by atoms with van der Waals surface area (Å²) in [4.78, 5) is 14.8. The zero-order chi connectivity index (χ0) is 15.0. The molecule has 0 aliphatic carbocycles. The molecule has 0 bridgehead atoms. The van der Waals surface area contributed by atoms with Crippen LogP contribution in [0.4, 0.5) is 0 Å². The van der Waals surface area contributed by atoms with E-state index in [-0.39, 0.29) is 24.2 Å². The molecule has 0 aromatic heterocycles. The lowest BCUT2D eigenvalue weighted by molar-refractivity contribution is -0.133. The summed E-state index contributed by atoms with van der Waals surface area (Å²) in [6, 6.07) is 0.232. The Labute approximate surface area is 124 Å². The lowest BCUT2D eigenvalue weighted by atomic mass is 10.1. The summed E-state index contributed by atoms with van der Waals surface area (Å²) in [6.07, 6.45) is 7.61. The molecule has 0 aromatic rings. The number of ether oxygens (including phenoxy) is 1. The van der Waals surface area contributed by atoms with Crippen LogP contribution in [0.15, 0.2) is 0 Å². The standard InChI is InChI=1S/C16H32N2O2/c1-5-8-11-14-16(19)18(15(17-14)10-7-3)13(9-6-2)12-20-4/h13-15,17H,5-12H2,1-4H3. The second-order valence-electron chi connectivity index (χ2n) is 5.81. The first-order chi connectivity index (χ1) is 9.69. The number of rotatable bonds is 10. The Balaban J connectivity index is 2.78. The number of nitrogens with zero attached hydrogens (tertiary/aromatic N) is 1. The van der Waals surface area contributed by atoms with Crippen molar-refractivity contribution in [3.63, 3.8) is 0 Å². The van der Waals surface area contributed by atoms with Crippen molar-refractivity contribution in [2.45, 2.75) is 84.0 Å². The lowest BCUT2D eigenvalue weighted by Gasteiger charge is -2.32. The van der Waals surface area contributed by atoms with Gasteiger partial charge in [-0.05, 0) is 19.3 Å². The maximum absolute atomic E-state index is 12.7. The summed E-state index contributed by atoms with van der Waals surface area (Å²) < 4.78 is 5.34. The second kappa shape index (κ2) is 9.35. The fourth-order valence-corrected chi connectivity index (χ4v) is 3.09. The molecule has 0 aromatic carbocycles. The van der Waals surface area contributed by atoms with Crippen LogP contribution in [0.1, 0.15) is 65.7 Å². The van der Waals surface area contributed by atoms with Gasteiger partial charge in [0.05, 0.1) is 24.9 Å². The molecule has 1 fully saturated rings. The number of hydrogen-bond donors (Lipinski definition) is 1. The predicted molar refractivity (Wildman–Crippen MR) is 82.6 cm³/mol.